The molecule has 2 aromatic rings. The molecule has 3 rings (SSSR count). The zero-order valence-corrected chi connectivity index (χ0v) is 11.3. The lowest BCUT2D eigenvalue weighted by molar-refractivity contribution is 0.0916. The van der Waals surface area contributed by atoms with Crippen LogP contribution < -0.4 is 15.8 Å². The molecule has 20 heavy (non-hydrogen) atoms. The average molecular weight is 271 g/mol. The first-order chi connectivity index (χ1) is 9.65. The minimum absolute atomic E-state index is 0.0245. The van der Waals surface area contributed by atoms with Crippen molar-refractivity contribution < 1.29 is 9.53 Å². The number of amides is 1. The SMILES string of the molecule is Cn1cc(N)cc1C(=O)NC1CCOc2ccccc21. The van der Waals surface area contributed by atoms with Gasteiger partial charge in [0.1, 0.15) is 11.4 Å². The number of aromatic nitrogens is 1. The Bertz CT molecular complexity index is 648. The normalized spacial score (nSPS) is 17.1. The molecule has 1 unspecified atom stereocenters. The zero-order valence-electron chi connectivity index (χ0n) is 11.3. The van der Waals surface area contributed by atoms with Crippen molar-refractivity contribution in [2.75, 3.05) is 12.3 Å². The highest BCUT2D eigenvalue weighted by Gasteiger charge is 2.23. The molecule has 0 aliphatic carbocycles. The molecule has 5 heteroatoms. The molecule has 0 fully saturated rings. The lowest BCUT2D eigenvalue weighted by Crippen LogP contribution is -2.33. The van der Waals surface area contributed by atoms with Crippen LogP contribution in [-0.2, 0) is 7.05 Å². The molecule has 1 aromatic carbocycles. The molecule has 0 saturated carbocycles. The molecule has 0 bridgehead atoms. The van der Waals surface area contributed by atoms with E-state index in [1.54, 1.807) is 16.8 Å². The maximum Gasteiger partial charge on any atom is 0.268 e. The fraction of sp³-hybridized carbons (Fsp3) is 0.267. The first-order valence-corrected chi connectivity index (χ1v) is 6.59. The van der Waals surface area contributed by atoms with E-state index in [1.807, 2.05) is 31.3 Å². The fourth-order valence-corrected chi connectivity index (χ4v) is 2.54. The Labute approximate surface area is 117 Å². The van der Waals surface area contributed by atoms with Crippen molar-refractivity contribution in [3.63, 3.8) is 0 Å². The van der Waals surface area contributed by atoms with Gasteiger partial charge in [-0.05, 0) is 12.1 Å². The summed E-state index contributed by atoms with van der Waals surface area (Å²) in [5.41, 5.74) is 7.88. The van der Waals surface area contributed by atoms with Crippen molar-refractivity contribution >= 4 is 11.6 Å². The molecular weight excluding hydrogens is 254 g/mol. The summed E-state index contributed by atoms with van der Waals surface area (Å²) in [4.78, 5) is 12.3. The highest BCUT2D eigenvalue weighted by atomic mass is 16.5. The van der Waals surface area contributed by atoms with E-state index in [9.17, 15) is 4.79 Å². The van der Waals surface area contributed by atoms with Crippen LogP contribution in [0.2, 0.25) is 0 Å². The van der Waals surface area contributed by atoms with Crippen molar-refractivity contribution in [3.05, 3.63) is 47.8 Å². The molecule has 1 aromatic heterocycles. The van der Waals surface area contributed by atoms with Gasteiger partial charge in [0, 0.05) is 25.2 Å². The molecule has 3 N–H and O–H groups in total. The Morgan fingerprint density at radius 1 is 1.45 bits per heavy atom. The summed E-state index contributed by atoms with van der Waals surface area (Å²) in [6.07, 6.45) is 2.50. The van der Waals surface area contributed by atoms with Crippen LogP contribution in [0.1, 0.15) is 28.5 Å². The number of anilines is 1. The van der Waals surface area contributed by atoms with Crippen LogP contribution in [0.15, 0.2) is 36.5 Å². The van der Waals surface area contributed by atoms with Crippen molar-refractivity contribution in [3.8, 4) is 5.75 Å². The minimum atomic E-state index is -0.120. The highest BCUT2D eigenvalue weighted by molar-refractivity contribution is 5.94. The van der Waals surface area contributed by atoms with E-state index >= 15 is 0 Å². The zero-order chi connectivity index (χ0) is 14.1. The van der Waals surface area contributed by atoms with Gasteiger partial charge >= 0.3 is 0 Å². The number of para-hydroxylation sites is 1. The summed E-state index contributed by atoms with van der Waals surface area (Å²) in [5, 5.41) is 3.05. The van der Waals surface area contributed by atoms with E-state index < -0.39 is 0 Å². The number of nitrogen functional groups attached to an aromatic ring is 1. The molecule has 0 radical (unpaired) electrons. The number of carbonyl (C=O) groups is 1. The quantitative estimate of drug-likeness (QED) is 0.876. The number of rotatable bonds is 2. The Morgan fingerprint density at radius 3 is 3.00 bits per heavy atom. The highest BCUT2D eigenvalue weighted by Crippen LogP contribution is 2.31. The number of aryl methyl sites for hydroxylation is 1. The molecule has 104 valence electrons. The number of nitrogens with one attached hydrogen (secondary N) is 1. The van der Waals surface area contributed by atoms with Crippen molar-refractivity contribution in [2.24, 2.45) is 7.05 Å². The third kappa shape index (κ3) is 2.22. The molecule has 1 aliphatic heterocycles. The van der Waals surface area contributed by atoms with E-state index in [0.29, 0.717) is 18.0 Å². The minimum Gasteiger partial charge on any atom is -0.493 e. The van der Waals surface area contributed by atoms with Gasteiger partial charge in [0.25, 0.3) is 5.91 Å². The van der Waals surface area contributed by atoms with Gasteiger partial charge in [-0.15, -0.1) is 0 Å². The average Bonchev–Trinajstić information content (AvgIpc) is 2.78. The Morgan fingerprint density at radius 2 is 2.25 bits per heavy atom. The lowest BCUT2D eigenvalue weighted by Gasteiger charge is -2.26. The number of ether oxygens (including phenoxy) is 1. The number of nitrogens with zero attached hydrogens (tertiary/aromatic N) is 1. The van der Waals surface area contributed by atoms with Gasteiger partial charge in [-0.1, -0.05) is 18.2 Å². The fourth-order valence-electron chi connectivity index (χ4n) is 2.54. The molecule has 5 nitrogen and oxygen atoms in total. The van der Waals surface area contributed by atoms with Gasteiger partial charge in [-0.2, -0.15) is 0 Å². The second-order valence-corrected chi connectivity index (χ2v) is 4.97. The van der Waals surface area contributed by atoms with Crippen LogP contribution >= 0.6 is 0 Å². The standard InChI is InChI=1S/C15H17N3O2/c1-18-9-10(16)8-13(18)15(19)17-12-6-7-20-14-5-3-2-4-11(12)14/h2-5,8-9,12H,6-7,16H2,1H3,(H,17,19). The van der Waals surface area contributed by atoms with Gasteiger partial charge in [0.15, 0.2) is 0 Å². The summed E-state index contributed by atoms with van der Waals surface area (Å²) in [6, 6.07) is 9.45. The van der Waals surface area contributed by atoms with Gasteiger partial charge in [-0.3, -0.25) is 4.79 Å². The summed E-state index contributed by atoms with van der Waals surface area (Å²) in [7, 11) is 1.81. The van der Waals surface area contributed by atoms with E-state index in [-0.39, 0.29) is 11.9 Å². The summed E-state index contributed by atoms with van der Waals surface area (Å²) < 4.78 is 7.32. The molecule has 1 aliphatic rings. The first-order valence-electron chi connectivity index (χ1n) is 6.59. The van der Waals surface area contributed by atoms with Crippen molar-refractivity contribution in [1.29, 1.82) is 0 Å². The predicted octanol–water partition coefficient (Wildman–Crippen LogP) is 1.86. The van der Waals surface area contributed by atoms with Gasteiger partial charge < -0.3 is 20.4 Å². The van der Waals surface area contributed by atoms with Gasteiger partial charge in [0.2, 0.25) is 0 Å². The van der Waals surface area contributed by atoms with E-state index in [2.05, 4.69) is 5.32 Å². The summed E-state index contributed by atoms with van der Waals surface area (Å²) in [6.45, 7) is 0.608. The number of carbonyl (C=O) groups excluding carboxylic acids is 1. The second kappa shape index (κ2) is 4.92. The second-order valence-electron chi connectivity index (χ2n) is 4.97. The smallest absolute Gasteiger partial charge is 0.268 e. The van der Waals surface area contributed by atoms with Crippen LogP contribution in [0.3, 0.4) is 0 Å². The van der Waals surface area contributed by atoms with Crippen molar-refractivity contribution in [2.45, 2.75) is 12.5 Å². The van der Waals surface area contributed by atoms with Crippen LogP contribution in [-0.4, -0.2) is 17.1 Å². The number of nitrogens with two attached hydrogens (primary N) is 1. The van der Waals surface area contributed by atoms with Crippen molar-refractivity contribution in [1.82, 2.24) is 9.88 Å². The van der Waals surface area contributed by atoms with Crippen LogP contribution in [0.5, 0.6) is 5.75 Å². The summed E-state index contributed by atoms with van der Waals surface area (Å²) in [5.74, 6) is 0.723. The van der Waals surface area contributed by atoms with Crippen LogP contribution in [0.4, 0.5) is 5.69 Å². The first kappa shape index (κ1) is 12.6. The molecule has 1 amide bonds. The molecule has 0 saturated heterocycles. The van der Waals surface area contributed by atoms with Crippen LogP contribution in [0.25, 0.3) is 0 Å². The monoisotopic (exact) mass is 271 g/mol. The third-order valence-corrected chi connectivity index (χ3v) is 3.52. The van der Waals surface area contributed by atoms with E-state index in [4.69, 9.17) is 10.5 Å². The molecule has 0 spiro atoms. The van der Waals surface area contributed by atoms with E-state index in [1.165, 1.54) is 0 Å². The largest absolute Gasteiger partial charge is 0.493 e. The molecule has 2 heterocycles. The predicted molar refractivity (Wildman–Crippen MR) is 76.6 cm³/mol. The number of hydrogen-bond acceptors (Lipinski definition) is 3. The molecular formula is C15H17N3O2. The number of hydrogen-bond donors (Lipinski definition) is 2. The topological polar surface area (TPSA) is 69.3 Å². The van der Waals surface area contributed by atoms with Gasteiger partial charge in [-0.25, -0.2) is 0 Å². The number of benzene rings is 1. The Hall–Kier alpha value is -2.43. The maximum atomic E-state index is 12.3. The Balaban J connectivity index is 1.82. The number of fused-ring (bicyclic) bond motifs is 1. The van der Waals surface area contributed by atoms with E-state index in [0.717, 1.165) is 17.7 Å². The Kier molecular flexibility index (Phi) is 3.10. The third-order valence-electron chi connectivity index (χ3n) is 3.52. The summed E-state index contributed by atoms with van der Waals surface area (Å²) >= 11 is 0. The lowest BCUT2D eigenvalue weighted by atomic mass is 10.0. The molecule has 1 atom stereocenters. The maximum absolute atomic E-state index is 12.3. The van der Waals surface area contributed by atoms with Gasteiger partial charge in [0.05, 0.1) is 18.3 Å². The van der Waals surface area contributed by atoms with Crippen LogP contribution in [0, 0.1) is 0 Å².